The van der Waals surface area contributed by atoms with E-state index in [1.54, 1.807) is 18.2 Å². The first-order valence-electron chi connectivity index (χ1n) is 7.51. The number of anilines is 1. The van der Waals surface area contributed by atoms with Gasteiger partial charge in [0.15, 0.2) is 0 Å². The minimum Gasteiger partial charge on any atom is -0.347 e. The van der Waals surface area contributed by atoms with E-state index in [1.807, 2.05) is 19.1 Å². The van der Waals surface area contributed by atoms with Crippen LogP contribution in [-0.2, 0) is 16.0 Å². The summed E-state index contributed by atoms with van der Waals surface area (Å²) in [5.41, 5.74) is 2.52. The largest absolute Gasteiger partial charge is 0.347 e. The van der Waals surface area contributed by atoms with E-state index in [0.29, 0.717) is 12.1 Å². The molecule has 0 unspecified atom stereocenters. The Morgan fingerprint density at radius 1 is 1.08 bits per heavy atom. The molecule has 0 saturated carbocycles. The highest BCUT2D eigenvalue weighted by atomic mass is 79.9. The van der Waals surface area contributed by atoms with Gasteiger partial charge >= 0.3 is 0 Å². The van der Waals surface area contributed by atoms with Crippen molar-refractivity contribution in [3.8, 4) is 0 Å². The van der Waals surface area contributed by atoms with Crippen LogP contribution in [0.4, 0.5) is 10.1 Å². The highest BCUT2D eigenvalue weighted by Gasteiger charge is 2.08. The quantitative estimate of drug-likeness (QED) is 0.788. The summed E-state index contributed by atoms with van der Waals surface area (Å²) in [5.74, 6) is -0.805. The number of hydrogen-bond acceptors (Lipinski definition) is 2. The molecule has 0 fully saturated rings. The first-order chi connectivity index (χ1) is 11.4. The Kier molecular flexibility index (Phi) is 6.49. The van der Waals surface area contributed by atoms with Gasteiger partial charge in [-0.15, -0.1) is 0 Å². The zero-order valence-corrected chi connectivity index (χ0v) is 14.8. The van der Waals surface area contributed by atoms with Gasteiger partial charge in [-0.1, -0.05) is 28.1 Å². The lowest BCUT2D eigenvalue weighted by atomic mass is 10.1. The van der Waals surface area contributed by atoms with E-state index in [2.05, 4.69) is 26.6 Å². The van der Waals surface area contributed by atoms with Gasteiger partial charge in [0.2, 0.25) is 11.8 Å². The molecule has 2 rings (SSSR count). The van der Waals surface area contributed by atoms with Crippen molar-refractivity contribution in [2.75, 3.05) is 11.9 Å². The summed E-state index contributed by atoms with van der Waals surface area (Å²) in [6.45, 7) is 1.80. The fraction of sp³-hybridized carbons (Fsp3) is 0.222. The summed E-state index contributed by atoms with van der Waals surface area (Å²) in [6, 6.07) is 11.5. The van der Waals surface area contributed by atoms with Crippen LogP contribution in [0.5, 0.6) is 0 Å². The van der Waals surface area contributed by atoms with E-state index < -0.39 is 0 Å². The predicted molar refractivity (Wildman–Crippen MR) is 95.2 cm³/mol. The summed E-state index contributed by atoms with van der Waals surface area (Å²) in [4.78, 5) is 23.7. The van der Waals surface area contributed by atoms with Crippen molar-refractivity contribution in [3.05, 3.63) is 63.9 Å². The number of hydrogen-bond donors (Lipinski definition) is 2. The second kappa shape index (κ2) is 8.59. The van der Waals surface area contributed by atoms with Crippen molar-refractivity contribution < 1.29 is 14.0 Å². The fourth-order valence-electron chi connectivity index (χ4n) is 2.14. The van der Waals surface area contributed by atoms with Crippen LogP contribution in [0.2, 0.25) is 0 Å². The first-order valence-corrected chi connectivity index (χ1v) is 8.30. The van der Waals surface area contributed by atoms with E-state index in [-0.39, 0.29) is 30.6 Å². The van der Waals surface area contributed by atoms with Crippen molar-refractivity contribution in [3.63, 3.8) is 0 Å². The molecule has 2 N–H and O–H groups in total. The zero-order chi connectivity index (χ0) is 17.5. The standard InChI is InChI=1S/C18H18BrFN2O2/c1-12-10-14(19)5-8-16(12)22-18(24)11-21-17(23)9-4-13-2-6-15(20)7-3-13/h2-3,5-8,10H,4,9,11H2,1H3,(H,21,23)(H,22,24). The Bertz CT molecular complexity index is 732. The molecular weight excluding hydrogens is 375 g/mol. The Morgan fingerprint density at radius 2 is 1.79 bits per heavy atom. The molecule has 2 amide bonds. The topological polar surface area (TPSA) is 58.2 Å². The monoisotopic (exact) mass is 392 g/mol. The second-order valence-corrected chi connectivity index (χ2v) is 6.33. The Labute approximate surface area is 148 Å². The maximum absolute atomic E-state index is 12.8. The summed E-state index contributed by atoms with van der Waals surface area (Å²) in [7, 11) is 0. The molecule has 0 heterocycles. The lowest BCUT2D eigenvalue weighted by Gasteiger charge is -2.09. The summed E-state index contributed by atoms with van der Waals surface area (Å²) >= 11 is 3.36. The van der Waals surface area contributed by atoms with Crippen LogP contribution >= 0.6 is 15.9 Å². The zero-order valence-electron chi connectivity index (χ0n) is 13.2. The number of halogens is 2. The highest BCUT2D eigenvalue weighted by Crippen LogP contribution is 2.19. The van der Waals surface area contributed by atoms with Crippen LogP contribution in [0.15, 0.2) is 46.9 Å². The van der Waals surface area contributed by atoms with Gasteiger partial charge in [0, 0.05) is 16.6 Å². The van der Waals surface area contributed by atoms with E-state index in [1.165, 1.54) is 12.1 Å². The Hall–Kier alpha value is -2.21. The van der Waals surface area contributed by atoms with Gasteiger partial charge in [-0.3, -0.25) is 9.59 Å². The van der Waals surface area contributed by atoms with Crippen molar-refractivity contribution in [1.29, 1.82) is 0 Å². The molecule has 0 bridgehead atoms. The summed E-state index contributed by atoms with van der Waals surface area (Å²) < 4.78 is 13.7. The third-order valence-corrected chi connectivity index (χ3v) is 3.96. The molecule has 0 aromatic heterocycles. The van der Waals surface area contributed by atoms with Crippen LogP contribution in [0.1, 0.15) is 17.5 Å². The van der Waals surface area contributed by atoms with Crippen LogP contribution in [-0.4, -0.2) is 18.4 Å². The number of rotatable bonds is 6. The smallest absolute Gasteiger partial charge is 0.243 e. The Balaban J connectivity index is 1.74. The van der Waals surface area contributed by atoms with Gasteiger partial charge in [-0.05, 0) is 54.8 Å². The van der Waals surface area contributed by atoms with Gasteiger partial charge < -0.3 is 10.6 Å². The molecule has 0 atom stereocenters. The molecule has 0 spiro atoms. The molecule has 126 valence electrons. The fourth-order valence-corrected chi connectivity index (χ4v) is 2.61. The number of carbonyl (C=O) groups is 2. The number of nitrogens with one attached hydrogen (secondary N) is 2. The molecule has 0 saturated heterocycles. The lowest BCUT2D eigenvalue weighted by molar-refractivity contribution is -0.124. The van der Waals surface area contributed by atoms with Gasteiger partial charge in [0.25, 0.3) is 0 Å². The minimum absolute atomic E-state index is 0.0856. The highest BCUT2D eigenvalue weighted by molar-refractivity contribution is 9.10. The first kappa shape index (κ1) is 18.1. The van der Waals surface area contributed by atoms with E-state index in [0.717, 1.165) is 15.6 Å². The van der Waals surface area contributed by atoms with Crippen molar-refractivity contribution in [1.82, 2.24) is 5.32 Å². The Morgan fingerprint density at radius 3 is 2.46 bits per heavy atom. The van der Waals surface area contributed by atoms with Gasteiger partial charge in [-0.25, -0.2) is 4.39 Å². The van der Waals surface area contributed by atoms with Gasteiger partial charge in [0.05, 0.1) is 6.54 Å². The average Bonchev–Trinajstić information content (AvgIpc) is 2.55. The van der Waals surface area contributed by atoms with Crippen LogP contribution < -0.4 is 10.6 Å². The molecule has 0 aliphatic carbocycles. The van der Waals surface area contributed by atoms with Crippen molar-refractivity contribution >= 4 is 33.4 Å². The van der Waals surface area contributed by atoms with Crippen LogP contribution in [0.3, 0.4) is 0 Å². The number of carbonyl (C=O) groups excluding carboxylic acids is 2. The SMILES string of the molecule is Cc1cc(Br)ccc1NC(=O)CNC(=O)CCc1ccc(F)cc1. The summed E-state index contributed by atoms with van der Waals surface area (Å²) in [5, 5.41) is 5.34. The molecule has 0 aliphatic heterocycles. The van der Waals surface area contributed by atoms with Crippen LogP contribution in [0.25, 0.3) is 0 Å². The van der Waals surface area contributed by atoms with Crippen molar-refractivity contribution in [2.45, 2.75) is 19.8 Å². The molecule has 0 radical (unpaired) electrons. The average molecular weight is 393 g/mol. The van der Waals surface area contributed by atoms with E-state index >= 15 is 0 Å². The van der Waals surface area contributed by atoms with Crippen LogP contribution in [0, 0.1) is 12.7 Å². The van der Waals surface area contributed by atoms with Gasteiger partial charge in [-0.2, -0.15) is 0 Å². The lowest BCUT2D eigenvalue weighted by Crippen LogP contribution is -2.33. The number of aryl methyl sites for hydroxylation is 2. The second-order valence-electron chi connectivity index (χ2n) is 5.41. The van der Waals surface area contributed by atoms with E-state index in [9.17, 15) is 14.0 Å². The molecule has 6 heteroatoms. The maximum Gasteiger partial charge on any atom is 0.243 e. The van der Waals surface area contributed by atoms with Crippen molar-refractivity contribution in [2.24, 2.45) is 0 Å². The molecule has 0 aliphatic rings. The molecular formula is C18H18BrFN2O2. The normalized spacial score (nSPS) is 10.3. The third-order valence-electron chi connectivity index (χ3n) is 3.46. The predicted octanol–water partition coefficient (Wildman–Crippen LogP) is 3.58. The maximum atomic E-state index is 12.8. The molecule has 2 aromatic carbocycles. The molecule has 4 nitrogen and oxygen atoms in total. The van der Waals surface area contributed by atoms with E-state index in [4.69, 9.17) is 0 Å². The summed E-state index contributed by atoms with van der Waals surface area (Å²) in [6.07, 6.45) is 0.746. The third kappa shape index (κ3) is 5.77. The number of amides is 2. The molecule has 24 heavy (non-hydrogen) atoms. The molecule has 2 aromatic rings. The van der Waals surface area contributed by atoms with Gasteiger partial charge in [0.1, 0.15) is 5.82 Å². The minimum atomic E-state index is -0.303. The number of benzene rings is 2.